The highest BCUT2D eigenvalue weighted by Crippen LogP contribution is 2.48. The molecule has 0 spiro atoms. The summed E-state index contributed by atoms with van der Waals surface area (Å²) < 4.78 is 114. The third kappa shape index (κ3) is 7.40. The van der Waals surface area contributed by atoms with Crippen LogP contribution in [0, 0.1) is 0 Å². The molecule has 0 atom stereocenters. The number of benzene rings is 2. The number of halogens is 6. The minimum atomic E-state index is -5.39. The van der Waals surface area contributed by atoms with E-state index in [1.807, 2.05) is 0 Å². The van der Waals surface area contributed by atoms with Crippen LogP contribution in [-0.4, -0.2) is 51.8 Å². The van der Waals surface area contributed by atoms with Crippen LogP contribution in [-0.2, 0) is 31.9 Å². The van der Waals surface area contributed by atoms with Crippen LogP contribution in [0.15, 0.2) is 52.3 Å². The van der Waals surface area contributed by atoms with E-state index in [-0.39, 0.29) is 36.9 Å². The molecule has 1 aliphatic rings. The van der Waals surface area contributed by atoms with Crippen LogP contribution in [0.3, 0.4) is 0 Å². The van der Waals surface area contributed by atoms with Crippen molar-refractivity contribution in [2.75, 3.05) is 37.3 Å². The fourth-order valence-electron chi connectivity index (χ4n) is 3.42. The number of anilines is 1. The molecule has 0 aliphatic carbocycles. The number of hydrogen-bond donors (Lipinski definition) is 1. The number of hydrogen-bond acceptors (Lipinski definition) is 5. The summed E-state index contributed by atoms with van der Waals surface area (Å²) in [6.45, 7) is 0.925. The van der Waals surface area contributed by atoms with Gasteiger partial charge in [0.25, 0.3) is 0 Å². The summed E-state index contributed by atoms with van der Waals surface area (Å²) in [5.74, 6) is -0.645. The van der Waals surface area contributed by atoms with Crippen LogP contribution in [0.4, 0.5) is 32.0 Å². The molecule has 0 aromatic heterocycles. The molecule has 1 amide bonds. The minimum Gasteiger partial charge on any atom is -0.378 e. The number of nitrogens with one attached hydrogen (secondary N) is 1. The molecule has 6 nitrogen and oxygen atoms in total. The summed E-state index contributed by atoms with van der Waals surface area (Å²) in [4.78, 5) is 12.9. The highest BCUT2D eigenvalue weighted by molar-refractivity contribution is 7.99. The van der Waals surface area contributed by atoms with E-state index < -0.39 is 49.9 Å². The van der Waals surface area contributed by atoms with E-state index in [2.05, 4.69) is 4.72 Å². The topological polar surface area (TPSA) is 75.7 Å². The first-order valence-corrected chi connectivity index (χ1v) is 13.0. The number of morpholine rings is 1. The van der Waals surface area contributed by atoms with Crippen molar-refractivity contribution in [3.63, 3.8) is 0 Å². The Bertz CT molecular complexity index is 1250. The number of sulfonamides is 1. The van der Waals surface area contributed by atoms with Gasteiger partial charge in [-0.15, -0.1) is 0 Å². The Hall–Kier alpha value is -2.71. The number of alkyl halides is 6. The molecule has 2 aromatic rings. The Morgan fingerprint density at radius 3 is 2.25 bits per heavy atom. The molecule has 196 valence electrons. The normalized spacial score (nSPS) is 15.4. The first-order chi connectivity index (χ1) is 16.6. The highest BCUT2D eigenvalue weighted by atomic mass is 32.2. The average molecular weight is 555 g/mol. The van der Waals surface area contributed by atoms with Crippen LogP contribution < -0.4 is 4.72 Å². The summed E-state index contributed by atoms with van der Waals surface area (Å²) >= 11 is 0.399. The van der Waals surface area contributed by atoms with E-state index in [9.17, 15) is 39.6 Å². The van der Waals surface area contributed by atoms with Crippen molar-refractivity contribution in [1.29, 1.82) is 0 Å². The molecule has 36 heavy (non-hydrogen) atoms. The molecule has 2 aromatic carbocycles. The molecule has 1 saturated heterocycles. The van der Waals surface area contributed by atoms with Gasteiger partial charge in [-0.05, 0) is 35.9 Å². The lowest BCUT2D eigenvalue weighted by Crippen LogP contribution is -2.39. The lowest BCUT2D eigenvalue weighted by Gasteiger charge is -2.25. The van der Waals surface area contributed by atoms with Gasteiger partial charge in [0.1, 0.15) is 0 Å². The van der Waals surface area contributed by atoms with Crippen LogP contribution in [0.5, 0.6) is 0 Å². The number of carbonyl (C=O) groups excluding carboxylic acids is 1. The molecule has 3 rings (SSSR count). The summed E-state index contributed by atoms with van der Waals surface area (Å²) in [7, 11) is -3.69. The zero-order valence-electron chi connectivity index (χ0n) is 18.6. The van der Waals surface area contributed by atoms with E-state index in [1.54, 1.807) is 0 Å². The third-order valence-electron chi connectivity index (χ3n) is 4.86. The quantitative estimate of drug-likeness (QED) is 0.397. The van der Waals surface area contributed by atoms with E-state index in [0.29, 0.717) is 11.8 Å². The van der Waals surface area contributed by atoms with Gasteiger partial charge in [-0.2, -0.15) is 26.3 Å². The van der Waals surface area contributed by atoms with Crippen LogP contribution in [0.1, 0.15) is 16.7 Å². The van der Waals surface area contributed by atoms with Crippen molar-refractivity contribution >= 4 is 39.5 Å². The van der Waals surface area contributed by atoms with Crippen molar-refractivity contribution in [3.8, 4) is 0 Å². The molecular formula is C22H20F6N2O4S2. The predicted octanol–water partition coefficient (Wildman–Crippen LogP) is 5.12. The zero-order chi connectivity index (χ0) is 26.7. The van der Waals surface area contributed by atoms with E-state index in [1.165, 1.54) is 29.2 Å². The van der Waals surface area contributed by atoms with E-state index in [0.717, 1.165) is 30.5 Å². The Kier molecular flexibility index (Phi) is 8.30. The first-order valence-electron chi connectivity index (χ1n) is 10.3. The third-order valence-corrected chi connectivity index (χ3v) is 6.52. The van der Waals surface area contributed by atoms with Crippen molar-refractivity contribution in [2.45, 2.75) is 22.1 Å². The number of amides is 1. The second kappa shape index (κ2) is 10.7. The van der Waals surface area contributed by atoms with Crippen LogP contribution in [0.25, 0.3) is 6.08 Å². The van der Waals surface area contributed by atoms with Crippen LogP contribution in [0.2, 0.25) is 0 Å². The standard InChI is InChI=1S/C22H20F6N2O4S2/c1-36(32,33)29-15-3-2-4-16(13-15)35-17-7-5-14(6-8-18(31)30-9-11-34-12-10-30)19(21(23,24)25)20(17)22(26,27)28/h2-8,13,29H,9-12H2,1H3. The predicted molar refractivity (Wildman–Crippen MR) is 122 cm³/mol. The second-order valence-corrected chi connectivity index (χ2v) is 10.5. The number of rotatable bonds is 6. The van der Waals surface area contributed by atoms with Gasteiger partial charge < -0.3 is 9.64 Å². The van der Waals surface area contributed by atoms with Crippen molar-refractivity contribution in [2.24, 2.45) is 0 Å². The van der Waals surface area contributed by atoms with Gasteiger partial charge in [0, 0.05) is 34.6 Å². The van der Waals surface area contributed by atoms with Gasteiger partial charge in [-0.25, -0.2) is 8.42 Å². The molecule has 0 unspecified atom stereocenters. The fourth-order valence-corrected chi connectivity index (χ4v) is 5.02. The Morgan fingerprint density at radius 1 is 1.03 bits per heavy atom. The molecule has 1 heterocycles. The van der Waals surface area contributed by atoms with Crippen molar-refractivity contribution < 1.29 is 44.3 Å². The molecule has 0 bridgehead atoms. The maximum Gasteiger partial charge on any atom is 0.418 e. The van der Waals surface area contributed by atoms with Gasteiger partial charge in [0.05, 0.1) is 30.6 Å². The summed E-state index contributed by atoms with van der Waals surface area (Å²) in [6.07, 6.45) is -8.36. The zero-order valence-corrected chi connectivity index (χ0v) is 20.2. The first kappa shape index (κ1) is 27.9. The Morgan fingerprint density at radius 2 is 1.67 bits per heavy atom. The van der Waals surface area contributed by atoms with Gasteiger partial charge in [0.15, 0.2) is 0 Å². The maximum atomic E-state index is 14.0. The molecule has 1 aliphatic heterocycles. The fraction of sp³-hybridized carbons (Fsp3) is 0.318. The largest absolute Gasteiger partial charge is 0.418 e. The lowest BCUT2D eigenvalue weighted by molar-refractivity contribution is -0.163. The van der Waals surface area contributed by atoms with Gasteiger partial charge in [0.2, 0.25) is 15.9 Å². The number of carbonyl (C=O) groups is 1. The highest BCUT2D eigenvalue weighted by Gasteiger charge is 2.46. The number of nitrogens with zero attached hydrogens (tertiary/aromatic N) is 1. The molecule has 0 saturated carbocycles. The molecule has 1 N–H and O–H groups in total. The SMILES string of the molecule is CS(=O)(=O)Nc1cccc(Sc2ccc(C=CC(=O)N3CCOCC3)c(C(F)(F)F)c2C(F)(F)F)c1. The van der Waals surface area contributed by atoms with Gasteiger partial charge >= 0.3 is 12.4 Å². The summed E-state index contributed by atoms with van der Waals surface area (Å²) in [6, 6.07) is 6.98. The van der Waals surface area contributed by atoms with E-state index in [4.69, 9.17) is 4.74 Å². The number of ether oxygens (including phenoxy) is 1. The van der Waals surface area contributed by atoms with Gasteiger partial charge in [-0.1, -0.05) is 23.9 Å². The summed E-state index contributed by atoms with van der Waals surface area (Å²) in [5, 5.41) is 0. The smallest absolute Gasteiger partial charge is 0.378 e. The minimum absolute atomic E-state index is 0.0354. The molecular weight excluding hydrogens is 534 g/mol. The monoisotopic (exact) mass is 554 g/mol. The summed E-state index contributed by atoms with van der Waals surface area (Å²) in [5.41, 5.74) is -4.60. The van der Waals surface area contributed by atoms with Gasteiger partial charge in [-0.3, -0.25) is 9.52 Å². The Labute approximate surface area is 207 Å². The van der Waals surface area contributed by atoms with Crippen LogP contribution >= 0.6 is 11.8 Å². The van der Waals surface area contributed by atoms with E-state index >= 15 is 0 Å². The van der Waals surface area contributed by atoms with Crippen molar-refractivity contribution in [3.05, 3.63) is 59.2 Å². The molecule has 14 heteroatoms. The average Bonchev–Trinajstić information content (AvgIpc) is 2.76. The lowest BCUT2D eigenvalue weighted by atomic mass is 9.99. The maximum absolute atomic E-state index is 14.0. The molecule has 1 fully saturated rings. The molecule has 0 radical (unpaired) electrons. The van der Waals surface area contributed by atoms with Crippen molar-refractivity contribution in [1.82, 2.24) is 4.90 Å². The Balaban J connectivity index is 2.05. The second-order valence-electron chi connectivity index (χ2n) is 7.67.